The number of amides is 6. The first-order valence-electron chi connectivity index (χ1n) is 32.0. The Morgan fingerprint density at radius 2 is 0.944 bits per heavy atom. The molecule has 6 rings (SSSR count). The van der Waals surface area contributed by atoms with Crippen molar-refractivity contribution >= 4 is 65.0 Å². The molecule has 2 aromatic carbocycles. The molecule has 3 aliphatic heterocycles. The molecule has 21 nitrogen and oxygen atoms in total. The minimum Gasteiger partial charge on any atom is -0.466 e. The molecule has 4 aliphatic rings. The van der Waals surface area contributed by atoms with Gasteiger partial charge in [0.25, 0.3) is 11.8 Å². The van der Waals surface area contributed by atoms with Crippen molar-refractivity contribution < 1.29 is 86.9 Å². The van der Waals surface area contributed by atoms with Gasteiger partial charge in [0, 0.05) is 48.8 Å². The molecule has 3 N–H and O–H groups in total. The van der Waals surface area contributed by atoms with E-state index in [2.05, 4.69) is 0 Å². The quantitative estimate of drug-likeness (QED) is 0.0403. The Hall–Kier alpha value is -6.42. The summed E-state index contributed by atoms with van der Waals surface area (Å²) in [5.74, 6) is -1.73. The Morgan fingerprint density at radius 3 is 1.35 bits per heavy atom. The van der Waals surface area contributed by atoms with E-state index in [-0.39, 0.29) is 146 Å². The Balaban J connectivity index is 0.00000102. The van der Waals surface area contributed by atoms with Crippen molar-refractivity contribution in [1.29, 1.82) is 0 Å². The lowest BCUT2D eigenvalue weighted by Gasteiger charge is -2.29. The third kappa shape index (κ3) is 27.7. The maximum Gasteiger partial charge on any atom is 0.311 e. The predicted octanol–water partition coefficient (Wildman–Crippen LogP) is 9.97. The number of aliphatic hydroxyl groups is 3. The van der Waals surface area contributed by atoms with Gasteiger partial charge < -0.3 is 39.0 Å². The molecule has 2 saturated heterocycles. The highest BCUT2D eigenvalue weighted by Gasteiger charge is 2.46. The number of hydrogen-bond donors (Lipinski definition) is 3. The van der Waals surface area contributed by atoms with E-state index in [0.29, 0.717) is 49.7 Å². The number of imide groups is 3. The summed E-state index contributed by atoms with van der Waals surface area (Å²) in [7, 11) is 0. The highest BCUT2D eigenvalue weighted by molar-refractivity contribution is 6.22. The van der Waals surface area contributed by atoms with Crippen LogP contribution in [0.25, 0.3) is 0 Å². The number of hydrogen-bond acceptors (Lipinski definition) is 18. The number of benzene rings is 2. The second-order valence-corrected chi connectivity index (χ2v) is 23.1. The molecular weight excluding hydrogens is 1150 g/mol. The zero-order chi connectivity index (χ0) is 68.0. The largest absolute Gasteiger partial charge is 0.466 e. The van der Waals surface area contributed by atoms with Gasteiger partial charge in [-0.1, -0.05) is 133 Å². The average Bonchev–Trinajstić information content (AvgIpc) is 1.72. The molecule has 0 bridgehead atoms. The van der Waals surface area contributed by atoms with Crippen molar-refractivity contribution in [3.05, 3.63) is 65.7 Å². The van der Waals surface area contributed by atoms with Crippen molar-refractivity contribution in [2.75, 3.05) is 64.4 Å². The molecule has 1 aliphatic carbocycles. The van der Waals surface area contributed by atoms with Crippen LogP contribution in [0.5, 0.6) is 0 Å². The number of aliphatic hydroxyl groups excluding tert-OH is 3. The molecule has 0 radical (unpaired) electrons. The number of rotatable bonds is 23. The maximum absolute atomic E-state index is 11.9. The highest BCUT2D eigenvalue weighted by Crippen LogP contribution is 2.33. The van der Waals surface area contributed by atoms with Gasteiger partial charge in [-0.15, -0.1) is 0 Å². The first kappa shape index (κ1) is 82.6. The van der Waals surface area contributed by atoms with E-state index >= 15 is 0 Å². The molecule has 21 heteroatoms. The minimum absolute atomic E-state index is 0.000685. The van der Waals surface area contributed by atoms with Crippen molar-refractivity contribution in [2.24, 2.45) is 46.8 Å². The normalized spacial score (nSPS) is 19.0. The lowest BCUT2D eigenvalue weighted by Crippen LogP contribution is -2.41. The number of ether oxygens (including phenoxy) is 5. The highest BCUT2D eigenvalue weighted by atomic mass is 16.6. The second kappa shape index (κ2) is 44.9. The summed E-state index contributed by atoms with van der Waals surface area (Å²) in [6.07, 6.45) is 10.1. The molecule has 3 fully saturated rings. The van der Waals surface area contributed by atoms with Gasteiger partial charge in [0.15, 0.2) is 0 Å². The fraction of sp³-hybridized carbons (Fsp3) is 0.676. The van der Waals surface area contributed by atoms with Crippen molar-refractivity contribution in [1.82, 2.24) is 9.80 Å². The lowest BCUT2D eigenvalue weighted by molar-refractivity contribution is -0.155. The van der Waals surface area contributed by atoms with Crippen molar-refractivity contribution in [2.45, 2.75) is 193 Å². The maximum atomic E-state index is 11.9. The monoisotopic (exact) mass is 1260 g/mol. The molecule has 0 aromatic heterocycles. The van der Waals surface area contributed by atoms with Gasteiger partial charge in [0.05, 0.1) is 79.6 Å². The van der Waals surface area contributed by atoms with Crippen LogP contribution in [0.2, 0.25) is 0 Å². The Labute approximate surface area is 530 Å². The molecule has 8 unspecified atom stereocenters. The molecule has 89 heavy (non-hydrogen) atoms. The molecule has 0 spiro atoms. The molecule has 6 amide bonds. The minimum atomic E-state index is -0.421. The number of fused-ring (bicyclic) bond motifs is 1. The van der Waals surface area contributed by atoms with Crippen molar-refractivity contribution in [3.63, 3.8) is 0 Å². The lowest BCUT2D eigenvalue weighted by atomic mass is 9.91. The van der Waals surface area contributed by atoms with E-state index in [4.69, 9.17) is 39.0 Å². The van der Waals surface area contributed by atoms with Crippen molar-refractivity contribution in [3.8, 4) is 0 Å². The number of esters is 4. The van der Waals surface area contributed by atoms with Gasteiger partial charge in [-0.25, -0.2) is 0 Å². The third-order valence-electron chi connectivity index (χ3n) is 16.1. The summed E-state index contributed by atoms with van der Waals surface area (Å²) in [5.41, 5.74) is 1.31. The van der Waals surface area contributed by atoms with Crippen LogP contribution in [0.15, 0.2) is 54.6 Å². The van der Waals surface area contributed by atoms with E-state index in [1.54, 1.807) is 55.1 Å². The molecule has 8 atom stereocenters. The second-order valence-electron chi connectivity index (χ2n) is 23.1. The molecule has 504 valence electrons. The van der Waals surface area contributed by atoms with Gasteiger partial charge in [0.1, 0.15) is 13.2 Å². The van der Waals surface area contributed by atoms with Crippen LogP contribution in [0, 0.1) is 46.8 Å². The first-order valence-corrected chi connectivity index (χ1v) is 32.0. The summed E-state index contributed by atoms with van der Waals surface area (Å²) < 4.78 is 24.2. The Morgan fingerprint density at radius 1 is 0.517 bits per heavy atom. The number of nitrogens with zero attached hydrogens (tertiary/aromatic N) is 3. The van der Waals surface area contributed by atoms with Crippen LogP contribution >= 0.6 is 0 Å². The number of para-hydroxylation sites is 1. The number of anilines is 1. The summed E-state index contributed by atoms with van der Waals surface area (Å²) in [6, 6.07) is 16.2. The van der Waals surface area contributed by atoms with E-state index < -0.39 is 5.41 Å². The third-order valence-corrected chi connectivity index (χ3v) is 16.1. The van der Waals surface area contributed by atoms with Gasteiger partial charge in [-0.3, -0.25) is 62.6 Å². The van der Waals surface area contributed by atoms with Crippen LogP contribution < -0.4 is 4.90 Å². The standard InChI is InChI=1S/C12H19NO2.2C12H13NO2.C9H18O4.2C8H16O3.C7H14O2/c2*1-8-9(2)12(15)13(11(8)14)10-6-4-3-5-7-10;1-3-8(2)13-11(14)9-6-4-5-7-10(9)12(13)15;1-3-8(2)9(11)13-7-6-12-5-4-10;1-4-8(2,3)7(10)11-6-5-9;1-3-7(2)8(10)11-6-4-5-9;1-4-6(3)7(8)9-5-2/h8-10H,3-7H2,1-2H3;3-9H,1-2H3;4-8H,3H2,1-2H3;8,10H,3-7H2,1-2H3;9H,4-6H2,1-3H3;7,9H,3-6H2,1-2H3;6H,4-5H2,1-3H3. The summed E-state index contributed by atoms with van der Waals surface area (Å²) in [4.78, 5) is 119. The molecule has 1 saturated carbocycles. The predicted molar refractivity (Wildman–Crippen MR) is 340 cm³/mol. The van der Waals surface area contributed by atoms with Crippen LogP contribution in [-0.2, 0) is 62.0 Å². The van der Waals surface area contributed by atoms with E-state index in [9.17, 15) is 47.9 Å². The van der Waals surface area contributed by atoms with Gasteiger partial charge in [-0.05, 0) is 96.9 Å². The van der Waals surface area contributed by atoms with Crippen LogP contribution in [0.3, 0.4) is 0 Å². The Bertz CT molecular complexity index is 2390. The Kier molecular flexibility index (Phi) is 41.7. The summed E-state index contributed by atoms with van der Waals surface area (Å²) >= 11 is 0. The molecule has 2 aromatic rings. The van der Waals surface area contributed by atoms with E-state index in [0.717, 1.165) is 57.8 Å². The zero-order valence-electron chi connectivity index (χ0n) is 56.3. The van der Waals surface area contributed by atoms with Gasteiger partial charge in [-0.2, -0.15) is 0 Å². The number of carbonyl (C=O) groups excluding carboxylic acids is 10. The van der Waals surface area contributed by atoms with E-state index in [1.165, 1.54) is 16.2 Å². The van der Waals surface area contributed by atoms with Gasteiger partial charge >= 0.3 is 23.9 Å². The fourth-order valence-corrected chi connectivity index (χ4v) is 8.39. The SMILES string of the molecule is CC1C(=O)N(C2CCCCC2)C(=O)C1C.CC1C(=O)N(c2ccccc2)C(=O)C1C.CCC(C)(C)C(=O)OCCO.CCC(C)C(=O)OCCCO.CCC(C)C(=O)OCCOCCO.CCC(C)N1C(=O)c2ccccc2C1=O.CCOC(=O)C(C)CC. The fourth-order valence-electron chi connectivity index (χ4n) is 8.39. The van der Waals surface area contributed by atoms with Crippen LogP contribution in [0.1, 0.15) is 202 Å². The first-order chi connectivity index (χ1) is 42.1. The summed E-state index contributed by atoms with van der Waals surface area (Å²) in [6.45, 7) is 31.8. The van der Waals surface area contributed by atoms with Crippen LogP contribution in [-0.4, -0.2) is 156 Å². The zero-order valence-corrected chi connectivity index (χ0v) is 56.3. The number of likely N-dealkylation sites (tertiary alicyclic amines) is 1. The smallest absolute Gasteiger partial charge is 0.311 e. The van der Waals surface area contributed by atoms with E-state index in [1.807, 2.05) is 115 Å². The molecular formula is C68H109N3O18. The topological polar surface area (TPSA) is 287 Å². The van der Waals surface area contributed by atoms with Gasteiger partial charge in [0.2, 0.25) is 23.6 Å². The molecule has 3 heterocycles. The summed E-state index contributed by atoms with van der Waals surface area (Å²) in [5, 5.41) is 25.1. The van der Waals surface area contributed by atoms with Crippen LogP contribution in [0.4, 0.5) is 5.69 Å². The number of carbonyl (C=O) groups is 10. The average molecular weight is 1260 g/mol.